The number of anilines is 2. The van der Waals surface area contributed by atoms with E-state index in [1.165, 1.54) is 18.3 Å². The lowest BCUT2D eigenvalue weighted by Gasteiger charge is -2.29. The van der Waals surface area contributed by atoms with E-state index in [1.54, 1.807) is 6.20 Å². The van der Waals surface area contributed by atoms with Crippen molar-refractivity contribution in [2.75, 3.05) is 43.1 Å². The molecule has 2 aliphatic heterocycles. The Morgan fingerprint density at radius 2 is 2.23 bits per heavy atom. The summed E-state index contributed by atoms with van der Waals surface area (Å²) in [6.45, 7) is 7.77. The lowest BCUT2D eigenvalue weighted by molar-refractivity contribution is -0.114. The Kier molecular flexibility index (Phi) is 6.45. The number of aromatic nitrogens is 2. The van der Waals surface area contributed by atoms with E-state index in [-0.39, 0.29) is 18.1 Å². The van der Waals surface area contributed by atoms with E-state index in [1.807, 2.05) is 12.1 Å². The summed E-state index contributed by atoms with van der Waals surface area (Å²) in [7, 11) is 0. The fourth-order valence-electron chi connectivity index (χ4n) is 3.82. The van der Waals surface area contributed by atoms with Crippen molar-refractivity contribution in [3.63, 3.8) is 0 Å². The smallest absolute Gasteiger partial charge is 0.230 e. The average molecular weight is 436 g/mol. The highest BCUT2D eigenvalue weighted by Crippen LogP contribution is 2.29. The number of thiazole rings is 1. The number of hydrogen-bond donors (Lipinski definition) is 1. The Hall–Kier alpha value is -2.30. The molecule has 4 heterocycles. The number of amides is 1. The van der Waals surface area contributed by atoms with Crippen LogP contribution in [0.5, 0.6) is 5.88 Å². The first kappa shape index (κ1) is 21.0. The normalized spacial score (nSPS) is 22.3. The Labute approximate surface area is 179 Å². The molecule has 0 bridgehead atoms. The van der Waals surface area contributed by atoms with Crippen molar-refractivity contribution in [2.24, 2.45) is 0 Å². The monoisotopic (exact) mass is 435 g/mol. The van der Waals surface area contributed by atoms with Gasteiger partial charge in [0, 0.05) is 63.5 Å². The van der Waals surface area contributed by atoms with Gasteiger partial charge in [-0.05, 0) is 13.0 Å². The molecule has 1 amide bonds. The molecule has 2 aromatic heterocycles. The molecule has 4 rings (SSSR count). The maximum atomic E-state index is 14.2. The number of nitrogens with one attached hydrogen (secondary N) is 1. The number of carbonyl (C=O) groups is 1. The number of ether oxygens (including phenoxy) is 2. The quantitative estimate of drug-likeness (QED) is 0.747. The van der Waals surface area contributed by atoms with Crippen molar-refractivity contribution in [2.45, 2.75) is 39.0 Å². The fraction of sp³-hybridized carbons (Fsp3) is 0.550. The van der Waals surface area contributed by atoms with Crippen LogP contribution in [0.25, 0.3) is 0 Å². The minimum absolute atomic E-state index is 0.0155. The lowest BCUT2D eigenvalue weighted by Crippen LogP contribution is -2.36. The lowest BCUT2D eigenvalue weighted by atomic mass is 10.2. The molecule has 0 unspecified atom stereocenters. The number of morpholine rings is 1. The van der Waals surface area contributed by atoms with E-state index in [9.17, 15) is 9.18 Å². The van der Waals surface area contributed by atoms with Crippen LogP contribution in [-0.4, -0.2) is 65.8 Å². The van der Waals surface area contributed by atoms with Gasteiger partial charge in [-0.1, -0.05) is 11.3 Å². The van der Waals surface area contributed by atoms with Crippen molar-refractivity contribution in [1.82, 2.24) is 14.9 Å². The predicted octanol–water partition coefficient (Wildman–Crippen LogP) is 2.51. The SMILES string of the molecule is CC(=O)Nc1nc(F)c(CN2C[C@H](Oc3cc(N4CCOCC4)ccn3)C[C@@H]2C)s1. The van der Waals surface area contributed by atoms with Gasteiger partial charge < -0.3 is 19.7 Å². The first-order chi connectivity index (χ1) is 14.5. The Bertz CT molecular complexity index is 889. The minimum atomic E-state index is -0.528. The molecule has 2 saturated heterocycles. The van der Waals surface area contributed by atoms with E-state index in [2.05, 4.69) is 32.0 Å². The maximum Gasteiger partial charge on any atom is 0.230 e. The highest BCUT2D eigenvalue weighted by atomic mass is 32.1. The number of carbonyl (C=O) groups excluding carboxylic acids is 1. The summed E-state index contributed by atoms with van der Waals surface area (Å²) >= 11 is 1.17. The first-order valence-electron chi connectivity index (χ1n) is 10.1. The van der Waals surface area contributed by atoms with E-state index in [4.69, 9.17) is 9.47 Å². The molecular formula is C20H26FN5O3S. The van der Waals surface area contributed by atoms with E-state index < -0.39 is 5.95 Å². The van der Waals surface area contributed by atoms with Gasteiger partial charge in [0.05, 0.1) is 18.1 Å². The van der Waals surface area contributed by atoms with Gasteiger partial charge in [0.25, 0.3) is 0 Å². The van der Waals surface area contributed by atoms with Crippen LogP contribution in [0.4, 0.5) is 15.2 Å². The number of nitrogens with zero attached hydrogens (tertiary/aromatic N) is 4. The van der Waals surface area contributed by atoms with Crippen LogP contribution in [0.1, 0.15) is 25.1 Å². The highest BCUT2D eigenvalue weighted by Gasteiger charge is 2.32. The summed E-state index contributed by atoms with van der Waals surface area (Å²) in [5, 5.41) is 2.83. The third-order valence-corrected chi connectivity index (χ3v) is 6.26. The van der Waals surface area contributed by atoms with Gasteiger partial charge in [-0.3, -0.25) is 9.69 Å². The number of pyridine rings is 1. The molecule has 8 nitrogen and oxygen atoms in total. The molecule has 2 atom stereocenters. The molecule has 0 saturated carbocycles. The first-order valence-corrected chi connectivity index (χ1v) is 10.9. The van der Waals surface area contributed by atoms with Crippen LogP contribution in [0.2, 0.25) is 0 Å². The molecule has 10 heteroatoms. The zero-order valence-corrected chi connectivity index (χ0v) is 18.0. The van der Waals surface area contributed by atoms with E-state index in [0.29, 0.717) is 29.0 Å². The Morgan fingerprint density at radius 3 is 3.00 bits per heavy atom. The van der Waals surface area contributed by atoms with Crippen LogP contribution in [0.15, 0.2) is 18.3 Å². The number of likely N-dealkylation sites (tertiary alicyclic amines) is 1. The Morgan fingerprint density at radius 1 is 1.43 bits per heavy atom. The second-order valence-corrected chi connectivity index (χ2v) is 8.70. The molecule has 0 aromatic carbocycles. The van der Waals surface area contributed by atoms with Crippen molar-refractivity contribution in [3.05, 3.63) is 29.2 Å². The molecular weight excluding hydrogens is 409 g/mol. The molecule has 30 heavy (non-hydrogen) atoms. The standard InChI is InChI=1S/C20H26FN5O3S/c1-13-9-16(11-26(13)12-17-19(21)24-20(30-17)23-14(2)27)29-18-10-15(3-4-22-18)25-5-7-28-8-6-25/h3-4,10,13,16H,5-9,11-12H2,1-2H3,(H,23,24,27)/t13-,16+/m0/s1. The van der Waals surface area contributed by atoms with Gasteiger partial charge in [0.2, 0.25) is 17.7 Å². The summed E-state index contributed by atoms with van der Waals surface area (Å²) in [5.74, 6) is -0.180. The highest BCUT2D eigenvalue weighted by molar-refractivity contribution is 7.15. The zero-order valence-electron chi connectivity index (χ0n) is 17.1. The summed E-state index contributed by atoms with van der Waals surface area (Å²) in [4.78, 5) is 24.3. The topological polar surface area (TPSA) is 79.8 Å². The average Bonchev–Trinajstić information content (AvgIpc) is 3.23. The van der Waals surface area contributed by atoms with Crippen LogP contribution in [0.3, 0.4) is 0 Å². The van der Waals surface area contributed by atoms with E-state index >= 15 is 0 Å². The predicted molar refractivity (Wildman–Crippen MR) is 113 cm³/mol. The summed E-state index contributed by atoms with van der Waals surface area (Å²) in [6.07, 6.45) is 2.59. The van der Waals surface area contributed by atoms with Gasteiger partial charge >= 0.3 is 0 Å². The largest absolute Gasteiger partial charge is 0.473 e. The van der Waals surface area contributed by atoms with Crippen LogP contribution >= 0.6 is 11.3 Å². The van der Waals surface area contributed by atoms with Crippen molar-refractivity contribution in [1.29, 1.82) is 0 Å². The van der Waals surface area contributed by atoms with Gasteiger partial charge in [-0.2, -0.15) is 9.37 Å². The molecule has 2 aromatic rings. The summed E-state index contributed by atoms with van der Waals surface area (Å²) < 4.78 is 25.7. The number of hydrogen-bond acceptors (Lipinski definition) is 8. The van der Waals surface area contributed by atoms with Crippen LogP contribution in [0, 0.1) is 5.95 Å². The van der Waals surface area contributed by atoms with Crippen LogP contribution < -0.4 is 15.0 Å². The second-order valence-electron chi connectivity index (χ2n) is 7.62. The van der Waals surface area contributed by atoms with Crippen molar-refractivity contribution in [3.8, 4) is 5.88 Å². The molecule has 0 aliphatic carbocycles. The zero-order chi connectivity index (χ0) is 21.1. The van der Waals surface area contributed by atoms with Gasteiger partial charge in [-0.15, -0.1) is 0 Å². The minimum Gasteiger partial charge on any atom is -0.473 e. The van der Waals surface area contributed by atoms with Gasteiger partial charge in [0.1, 0.15) is 6.10 Å². The number of rotatable bonds is 6. The van der Waals surface area contributed by atoms with E-state index in [0.717, 1.165) is 38.4 Å². The third kappa shape index (κ3) is 5.05. The number of halogens is 1. The summed E-state index contributed by atoms with van der Waals surface area (Å²) in [6, 6.07) is 4.20. The fourth-order valence-corrected chi connectivity index (χ4v) is 4.74. The molecule has 0 radical (unpaired) electrons. The maximum absolute atomic E-state index is 14.2. The van der Waals surface area contributed by atoms with Crippen molar-refractivity contribution < 1.29 is 18.7 Å². The second kappa shape index (κ2) is 9.23. The van der Waals surface area contributed by atoms with Gasteiger partial charge in [0.15, 0.2) is 5.13 Å². The summed E-state index contributed by atoms with van der Waals surface area (Å²) in [5.41, 5.74) is 1.09. The van der Waals surface area contributed by atoms with Crippen LogP contribution in [-0.2, 0) is 16.1 Å². The Balaban J connectivity index is 1.36. The van der Waals surface area contributed by atoms with Gasteiger partial charge in [-0.25, -0.2) is 4.98 Å². The molecule has 0 spiro atoms. The third-order valence-electron chi connectivity index (χ3n) is 5.33. The molecule has 162 valence electrons. The molecule has 2 aliphatic rings. The molecule has 2 fully saturated rings. The van der Waals surface area contributed by atoms with Crippen molar-refractivity contribution >= 4 is 28.1 Å². The molecule has 1 N–H and O–H groups in total.